The molecule has 0 aliphatic carbocycles. The third kappa shape index (κ3) is 1.94. The molecule has 0 nitrogen and oxygen atoms in total. The molecule has 2 aromatic carbocycles. The Morgan fingerprint density at radius 3 is 1.36 bits per heavy atom. The molecule has 0 heterocycles. The fourth-order valence-corrected chi connectivity index (χ4v) is 2.45. The van der Waals surface area contributed by atoms with Gasteiger partial charge in [-0.05, 0) is 16.7 Å². The molecule has 2 aromatic rings. The molecule has 0 aliphatic rings. The van der Waals surface area contributed by atoms with E-state index in [4.69, 9.17) is 0 Å². The van der Waals surface area contributed by atoms with Gasteiger partial charge in [-0.1, -0.05) is 60.7 Å². The Kier molecular flexibility index (Phi) is 2.80. The van der Waals surface area contributed by atoms with Crippen LogP contribution in [0.3, 0.4) is 0 Å². The summed E-state index contributed by atoms with van der Waals surface area (Å²) in [6.07, 6.45) is 0. The molecule has 0 saturated heterocycles. The molecule has 0 N–H and O–H groups in total. The van der Waals surface area contributed by atoms with Crippen molar-refractivity contribution in [2.24, 2.45) is 0 Å². The van der Waals surface area contributed by atoms with Crippen LogP contribution < -0.4 is 0 Å². The first kappa shape index (κ1) is 9.22. The van der Waals surface area contributed by atoms with Gasteiger partial charge in [0.15, 0.2) is 0 Å². The number of rotatable bonds is 2. The molecular weight excluding hydrogens is 184 g/mol. The molecular formula is C13H14Si. The Bertz CT molecular complexity index is 341. The first-order chi connectivity index (χ1) is 6.88. The number of hydrogen-bond donors (Lipinski definition) is 0. The van der Waals surface area contributed by atoms with Gasteiger partial charge in [0.05, 0.1) is 0 Å². The highest BCUT2D eigenvalue weighted by Gasteiger charge is 2.05. The third-order valence-corrected chi connectivity index (χ3v) is 3.93. The molecule has 0 atom stereocenters. The van der Waals surface area contributed by atoms with E-state index in [2.05, 4.69) is 60.7 Å². The maximum absolute atomic E-state index is 2.21. The fourth-order valence-electron chi connectivity index (χ4n) is 1.68. The van der Waals surface area contributed by atoms with E-state index in [1.165, 1.54) is 11.1 Å². The molecule has 0 bridgehead atoms. The Morgan fingerprint density at radius 2 is 1.00 bits per heavy atom. The predicted octanol–water partition coefficient (Wildman–Crippen LogP) is 2.14. The summed E-state index contributed by atoms with van der Waals surface area (Å²) in [5, 5.41) is 0. The van der Waals surface area contributed by atoms with E-state index < -0.39 is 0 Å². The van der Waals surface area contributed by atoms with Crippen LogP contribution in [0.1, 0.15) is 16.7 Å². The summed E-state index contributed by atoms with van der Waals surface area (Å²) in [6.45, 7) is 0. The largest absolute Gasteiger partial charge is 0.0622 e. The van der Waals surface area contributed by atoms with Crippen LogP contribution in [0.2, 0.25) is 0 Å². The zero-order valence-electron chi connectivity index (χ0n) is 8.35. The van der Waals surface area contributed by atoms with Crippen LogP contribution in [0.15, 0.2) is 60.7 Å². The Morgan fingerprint density at radius 1 is 0.643 bits per heavy atom. The van der Waals surface area contributed by atoms with E-state index >= 15 is 0 Å². The maximum Gasteiger partial charge on any atom is 0.0178 e. The third-order valence-electron chi connectivity index (χ3n) is 2.60. The molecule has 0 aromatic heterocycles. The molecule has 0 aliphatic heterocycles. The molecule has 2 rings (SSSR count). The SMILES string of the molecule is [SiH3]C(c1ccccc1)c1ccccc1. The zero-order chi connectivity index (χ0) is 9.80. The molecule has 0 saturated carbocycles. The van der Waals surface area contributed by atoms with Crippen molar-refractivity contribution >= 4 is 10.2 Å². The number of hydrogen-bond acceptors (Lipinski definition) is 0. The number of benzene rings is 2. The summed E-state index contributed by atoms with van der Waals surface area (Å²) in [7, 11) is 1.16. The van der Waals surface area contributed by atoms with Gasteiger partial charge in [0.1, 0.15) is 0 Å². The van der Waals surface area contributed by atoms with Crippen molar-refractivity contribution in [2.45, 2.75) is 5.54 Å². The smallest absolute Gasteiger partial charge is 0.0178 e. The van der Waals surface area contributed by atoms with Crippen molar-refractivity contribution in [1.82, 2.24) is 0 Å². The van der Waals surface area contributed by atoms with Crippen molar-refractivity contribution in [3.05, 3.63) is 71.8 Å². The van der Waals surface area contributed by atoms with Crippen LogP contribution in [0, 0.1) is 0 Å². The van der Waals surface area contributed by atoms with E-state index in [0.717, 1.165) is 10.2 Å². The lowest BCUT2D eigenvalue weighted by molar-refractivity contribution is 1.14. The summed E-state index contributed by atoms with van der Waals surface area (Å²) in [6, 6.07) is 21.5. The second-order valence-corrected chi connectivity index (χ2v) is 4.70. The van der Waals surface area contributed by atoms with Gasteiger partial charge in [0.25, 0.3) is 0 Å². The average Bonchev–Trinajstić information content (AvgIpc) is 2.30. The highest BCUT2D eigenvalue weighted by Crippen LogP contribution is 2.20. The van der Waals surface area contributed by atoms with Crippen molar-refractivity contribution < 1.29 is 0 Å². The van der Waals surface area contributed by atoms with Crippen molar-refractivity contribution in [2.75, 3.05) is 0 Å². The molecule has 0 radical (unpaired) electrons. The summed E-state index contributed by atoms with van der Waals surface area (Å²) in [5.74, 6) is 0. The second kappa shape index (κ2) is 4.25. The molecule has 0 spiro atoms. The summed E-state index contributed by atoms with van der Waals surface area (Å²) < 4.78 is 0. The normalized spacial score (nSPS) is 10.6. The van der Waals surface area contributed by atoms with Crippen molar-refractivity contribution in [1.29, 1.82) is 0 Å². The van der Waals surface area contributed by atoms with Gasteiger partial charge in [-0.3, -0.25) is 0 Å². The summed E-state index contributed by atoms with van der Waals surface area (Å²) in [4.78, 5) is 0. The molecule has 0 fully saturated rings. The average molecular weight is 198 g/mol. The van der Waals surface area contributed by atoms with Crippen LogP contribution in [-0.4, -0.2) is 10.2 Å². The second-order valence-electron chi connectivity index (χ2n) is 3.54. The lowest BCUT2D eigenvalue weighted by Crippen LogP contribution is -1.99. The van der Waals surface area contributed by atoms with Crippen molar-refractivity contribution in [3.8, 4) is 0 Å². The van der Waals surface area contributed by atoms with Crippen LogP contribution in [0.25, 0.3) is 0 Å². The fraction of sp³-hybridized carbons (Fsp3) is 0.0769. The summed E-state index contributed by atoms with van der Waals surface area (Å²) >= 11 is 0. The highest BCUT2D eigenvalue weighted by molar-refractivity contribution is 6.14. The van der Waals surface area contributed by atoms with Crippen LogP contribution >= 0.6 is 0 Å². The molecule has 1 heteroatoms. The minimum atomic E-state index is 0.623. The summed E-state index contributed by atoms with van der Waals surface area (Å²) in [5.41, 5.74) is 3.49. The highest BCUT2D eigenvalue weighted by atomic mass is 28.1. The zero-order valence-corrected chi connectivity index (χ0v) is 10.4. The molecule has 70 valence electrons. The van der Waals surface area contributed by atoms with Crippen molar-refractivity contribution in [3.63, 3.8) is 0 Å². The van der Waals surface area contributed by atoms with E-state index in [9.17, 15) is 0 Å². The standard InChI is InChI=1S/C13H14Si/c14-13(11-7-3-1-4-8-11)12-9-5-2-6-10-12/h1-10,13H,14H3. The first-order valence-corrected chi connectivity index (χ1v) is 6.13. The Labute approximate surface area is 88.0 Å². The lowest BCUT2D eigenvalue weighted by Gasteiger charge is -2.11. The van der Waals surface area contributed by atoms with E-state index in [0.29, 0.717) is 5.54 Å². The molecule has 14 heavy (non-hydrogen) atoms. The van der Waals surface area contributed by atoms with Gasteiger partial charge < -0.3 is 0 Å². The monoisotopic (exact) mass is 198 g/mol. The first-order valence-electron chi connectivity index (χ1n) is 4.98. The van der Waals surface area contributed by atoms with Crippen LogP contribution in [0.5, 0.6) is 0 Å². The Balaban J connectivity index is 2.30. The van der Waals surface area contributed by atoms with E-state index in [1.54, 1.807) is 0 Å². The maximum atomic E-state index is 2.21. The van der Waals surface area contributed by atoms with Gasteiger partial charge in [-0.2, -0.15) is 0 Å². The van der Waals surface area contributed by atoms with Gasteiger partial charge >= 0.3 is 0 Å². The van der Waals surface area contributed by atoms with Gasteiger partial charge in [0, 0.05) is 10.2 Å². The van der Waals surface area contributed by atoms with E-state index in [1.807, 2.05) is 0 Å². The minimum absolute atomic E-state index is 0.623. The van der Waals surface area contributed by atoms with E-state index in [-0.39, 0.29) is 0 Å². The quantitative estimate of drug-likeness (QED) is 0.649. The van der Waals surface area contributed by atoms with Gasteiger partial charge in [-0.15, -0.1) is 0 Å². The van der Waals surface area contributed by atoms with Crippen LogP contribution in [0.4, 0.5) is 0 Å². The Hall–Kier alpha value is -1.34. The van der Waals surface area contributed by atoms with Gasteiger partial charge in [-0.25, -0.2) is 0 Å². The topological polar surface area (TPSA) is 0 Å². The lowest BCUT2D eigenvalue weighted by atomic mass is 10.0. The molecule has 0 unspecified atom stereocenters. The predicted molar refractivity (Wildman–Crippen MR) is 64.7 cm³/mol. The van der Waals surface area contributed by atoms with Crippen LogP contribution in [-0.2, 0) is 0 Å². The van der Waals surface area contributed by atoms with Gasteiger partial charge in [0.2, 0.25) is 0 Å². The molecule has 0 amide bonds. The minimum Gasteiger partial charge on any atom is -0.0622 e.